The second-order valence-electron chi connectivity index (χ2n) is 4.74. The van der Waals surface area contributed by atoms with Crippen molar-refractivity contribution < 1.29 is 22.3 Å². The number of rotatable bonds is 4. The third kappa shape index (κ3) is 3.92. The molecule has 1 aliphatic rings. The summed E-state index contributed by atoms with van der Waals surface area (Å²) in [5.41, 5.74) is 0.0964. The molecule has 8 heteroatoms. The van der Waals surface area contributed by atoms with Crippen LogP contribution in [0.3, 0.4) is 0 Å². The van der Waals surface area contributed by atoms with Gasteiger partial charge in [0.2, 0.25) is 5.91 Å². The molecule has 0 aromatic heterocycles. The summed E-state index contributed by atoms with van der Waals surface area (Å²) in [6.45, 7) is 1.89. The van der Waals surface area contributed by atoms with Crippen molar-refractivity contribution in [1.29, 1.82) is 0 Å². The highest BCUT2D eigenvalue weighted by atomic mass is 32.2. The van der Waals surface area contributed by atoms with Crippen LogP contribution in [-0.4, -0.2) is 58.3 Å². The number of hydrogen-bond donors (Lipinski definition) is 1. The molecule has 21 heavy (non-hydrogen) atoms. The summed E-state index contributed by atoms with van der Waals surface area (Å²) in [6.07, 6.45) is 0.931. The van der Waals surface area contributed by atoms with Gasteiger partial charge in [-0.25, -0.2) is 12.8 Å². The molecule has 6 nitrogen and oxygen atoms in total. The van der Waals surface area contributed by atoms with Gasteiger partial charge < -0.3 is 15.0 Å². The largest absolute Gasteiger partial charge is 0.378 e. The van der Waals surface area contributed by atoms with E-state index in [-0.39, 0.29) is 18.1 Å². The number of carbonyl (C=O) groups excluding carboxylic acids is 1. The summed E-state index contributed by atoms with van der Waals surface area (Å²) in [5.74, 6) is -1.01. The Morgan fingerprint density at radius 1 is 1.38 bits per heavy atom. The molecule has 0 atom stereocenters. The maximum atomic E-state index is 13.7. The van der Waals surface area contributed by atoms with E-state index in [0.29, 0.717) is 26.3 Å². The fourth-order valence-electron chi connectivity index (χ4n) is 2.12. The van der Waals surface area contributed by atoms with Gasteiger partial charge in [0.15, 0.2) is 9.84 Å². The van der Waals surface area contributed by atoms with E-state index in [1.807, 2.05) is 0 Å². The molecule has 0 aliphatic carbocycles. The second-order valence-corrected chi connectivity index (χ2v) is 6.69. The number of nitrogens with zero attached hydrogens (tertiary/aromatic N) is 1. The molecular weight excluding hydrogens is 299 g/mol. The Labute approximate surface area is 122 Å². The van der Waals surface area contributed by atoms with Crippen LogP contribution in [0.15, 0.2) is 23.1 Å². The van der Waals surface area contributed by atoms with E-state index in [2.05, 4.69) is 5.32 Å². The van der Waals surface area contributed by atoms with Crippen molar-refractivity contribution in [1.82, 2.24) is 4.90 Å². The third-order valence-electron chi connectivity index (χ3n) is 3.13. The molecule has 1 saturated heterocycles. The van der Waals surface area contributed by atoms with E-state index in [0.717, 1.165) is 12.3 Å². The average molecular weight is 316 g/mol. The van der Waals surface area contributed by atoms with E-state index in [1.165, 1.54) is 12.1 Å². The van der Waals surface area contributed by atoms with Crippen LogP contribution in [0.25, 0.3) is 0 Å². The van der Waals surface area contributed by atoms with Crippen molar-refractivity contribution in [3.05, 3.63) is 24.0 Å². The molecule has 0 bridgehead atoms. The zero-order valence-electron chi connectivity index (χ0n) is 11.6. The number of benzene rings is 1. The summed E-state index contributed by atoms with van der Waals surface area (Å²) in [7, 11) is -3.72. The Kier molecular flexibility index (Phi) is 4.79. The molecule has 1 aromatic rings. The molecule has 1 N–H and O–H groups in total. The number of halogens is 1. The van der Waals surface area contributed by atoms with Crippen LogP contribution in [0.1, 0.15) is 0 Å². The monoisotopic (exact) mass is 316 g/mol. The van der Waals surface area contributed by atoms with Crippen molar-refractivity contribution in [2.45, 2.75) is 4.90 Å². The second kappa shape index (κ2) is 6.40. The Morgan fingerprint density at radius 2 is 2.05 bits per heavy atom. The molecule has 116 valence electrons. The van der Waals surface area contributed by atoms with Gasteiger partial charge in [-0.3, -0.25) is 4.79 Å². The molecule has 0 unspecified atom stereocenters. The molecule has 0 radical (unpaired) electrons. The number of sulfone groups is 1. The number of morpholine rings is 1. The van der Waals surface area contributed by atoms with Gasteiger partial charge in [0.1, 0.15) is 10.7 Å². The topological polar surface area (TPSA) is 75.7 Å². The van der Waals surface area contributed by atoms with Crippen molar-refractivity contribution in [2.24, 2.45) is 0 Å². The number of ether oxygens (including phenoxy) is 1. The maximum absolute atomic E-state index is 13.7. The summed E-state index contributed by atoms with van der Waals surface area (Å²) in [6, 6.07) is 3.91. The van der Waals surface area contributed by atoms with Gasteiger partial charge in [-0.05, 0) is 12.1 Å². The maximum Gasteiger partial charge on any atom is 0.242 e. The Hall–Kier alpha value is -1.67. The fourth-order valence-corrected chi connectivity index (χ4v) is 3.08. The Balaban J connectivity index is 2.10. The normalized spacial score (nSPS) is 15.8. The van der Waals surface area contributed by atoms with E-state index in [1.54, 1.807) is 4.90 Å². The van der Waals surface area contributed by atoms with Crippen LogP contribution < -0.4 is 5.32 Å². The molecule has 1 aliphatic heterocycles. The Morgan fingerprint density at radius 3 is 2.67 bits per heavy atom. The highest BCUT2D eigenvalue weighted by Crippen LogP contribution is 2.24. The first kappa shape index (κ1) is 15.7. The predicted octanol–water partition coefficient (Wildman–Crippen LogP) is 0.500. The van der Waals surface area contributed by atoms with Crippen LogP contribution in [0.4, 0.5) is 10.1 Å². The first-order valence-electron chi connectivity index (χ1n) is 6.47. The van der Waals surface area contributed by atoms with Gasteiger partial charge in [-0.2, -0.15) is 0 Å². The summed E-state index contributed by atoms with van der Waals surface area (Å²) < 4.78 is 42.1. The number of carbonyl (C=O) groups is 1. The van der Waals surface area contributed by atoms with E-state index < -0.39 is 20.5 Å². The van der Waals surface area contributed by atoms with Gasteiger partial charge in [0, 0.05) is 19.3 Å². The third-order valence-corrected chi connectivity index (χ3v) is 4.29. The first-order valence-corrected chi connectivity index (χ1v) is 8.36. The van der Waals surface area contributed by atoms with Crippen LogP contribution in [0, 0.1) is 5.82 Å². The first-order chi connectivity index (χ1) is 9.89. The molecular formula is C13H17FN2O4S. The summed E-state index contributed by atoms with van der Waals surface area (Å²) in [4.78, 5) is 13.2. The molecule has 1 amide bonds. The van der Waals surface area contributed by atoms with Crippen LogP contribution in [-0.2, 0) is 19.4 Å². The lowest BCUT2D eigenvalue weighted by Crippen LogP contribution is -2.43. The lowest BCUT2D eigenvalue weighted by molar-refractivity contribution is -0.133. The number of amides is 1. The minimum absolute atomic E-state index is 0.0913. The molecule has 1 aromatic carbocycles. The molecule has 0 spiro atoms. The smallest absolute Gasteiger partial charge is 0.242 e. The predicted molar refractivity (Wildman–Crippen MR) is 75.4 cm³/mol. The number of nitrogens with one attached hydrogen (secondary N) is 1. The van der Waals surface area contributed by atoms with Crippen molar-refractivity contribution >= 4 is 21.4 Å². The van der Waals surface area contributed by atoms with Gasteiger partial charge in [0.25, 0.3) is 0 Å². The minimum Gasteiger partial charge on any atom is -0.378 e. The quantitative estimate of drug-likeness (QED) is 0.875. The van der Waals surface area contributed by atoms with Crippen molar-refractivity contribution in [3.63, 3.8) is 0 Å². The molecule has 2 rings (SSSR count). The standard InChI is InChI=1S/C13H17FN2O4S/c1-21(18,19)13-10(14)3-2-4-11(13)15-9-12(17)16-5-7-20-8-6-16/h2-4,15H,5-9H2,1H3. The van der Waals surface area contributed by atoms with Crippen LogP contribution in [0.5, 0.6) is 0 Å². The van der Waals surface area contributed by atoms with Crippen molar-refractivity contribution in [3.8, 4) is 0 Å². The zero-order valence-corrected chi connectivity index (χ0v) is 12.5. The van der Waals surface area contributed by atoms with E-state index >= 15 is 0 Å². The van der Waals surface area contributed by atoms with Gasteiger partial charge in [-0.15, -0.1) is 0 Å². The number of anilines is 1. The molecule has 0 saturated carbocycles. The lowest BCUT2D eigenvalue weighted by atomic mass is 10.3. The average Bonchev–Trinajstić information content (AvgIpc) is 2.44. The highest BCUT2D eigenvalue weighted by Gasteiger charge is 2.21. The molecule has 1 fully saturated rings. The van der Waals surface area contributed by atoms with Gasteiger partial charge in [-0.1, -0.05) is 6.07 Å². The number of hydrogen-bond acceptors (Lipinski definition) is 5. The van der Waals surface area contributed by atoms with Gasteiger partial charge in [0.05, 0.1) is 25.4 Å². The zero-order chi connectivity index (χ0) is 15.5. The Bertz CT molecular complexity index is 627. The minimum atomic E-state index is -3.72. The lowest BCUT2D eigenvalue weighted by Gasteiger charge is -2.27. The summed E-state index contributed by atoms with van der Waals surface area (Å²) in [5, 5.41) is 2.71. The van der Waals surface area contributed by atoms with Crippen LogP contribution in [0.2, 0.25) is 0 Å². The van der Waals surface area contributed by atoms with E-state index in [9.17, 15) is 17.6 Å². The van der Waals surface area contributed by atoms with E-state index in [4.69, 9.17) is 4.74 Å². The van der Waals surface area contributed by atoms with Crippen LogP contribution >= 0.6 is 0 Å². The molecule has 1 heterocycles. The highest BCUT2D eigenvalue weighted by molar-refractivity contribution is 7.90. The summed E-state index contributed by atoms with van der Waals surface area (Å²) >= 11 is 0. The fraction of sp³-hybridized carbons (Fsp3) is 0.462. The van der Waals surface area contributed by atoms with Gasteiger partial charge >= 0.3 is 0 Å². The van der Waals surface area contributed by atoms with Crippen molar-refractivity contribution in [2.75, 3.05) is 44.4 Å². The SMILES string of the molecule is CS(=O)(=O)c1c(F)cccc1NCC(=O)N1CCOCC1.